The number of hydroxylamine groups is 3. The van der Waals surface area contributed by atoms with Crippen LogP contribution < -0.4 is 29.0 Å². The molecule has 32 heavy (non-hydrogen) atoms. The van der Waals surface area contributed by atoms with E-state index in [4.69, 9.17) is 23.7 Å². The van der Waals surface area contributed by atoms with Gasteiger partial charge >= 0.3 is 0 Å². The van der Waals surface area contributed by atoms with E-state index in [2.05, 4.69) is 5.32 Å². The summed E-state index contributed by atoms with van der Waals surface area (Å²) in [5, 5.41) is 15.1. The van der Waals surface area contributed by atoms with E-state index in [0.29, 0.717) is 64.1 Å². The summed E-state index contributed by atoms with van der Waals surface area (Å²) in [6.07, 6.45) is 2.31. The fourth-order valence-corrected chi connectivity index (χ4v) is 3.92. The van der Waals surface area contributed by atoms with Gasteiger partial charge in [0.05, 0.1) is 47.5 Å². The molecule has 170 valence electrons. The average Bonchev–Trinajstić information content (AvgIpc) is 3.35. The highest BCUT2D eigenvalue weighted by atomic mass is 16.7. The quantitative estimate of drug-likeness (QED) is 0.520. The zero-order valence-electron chi connectivity index (χ0n) is 18.7. The van der Waals surface area contributed by atoms with Crippen LogP contribution in [-0.2, 0) is 6.42 Å². The molecule has 0 saturated heterocycles. The van der Waals surface area contributed by atoms with Crippen LogP contribution in [0.25, 0.3) is 11.8 Å². The van der Waals surface area contributed by atoms with Crippen molar-refractivity contribution in [2.24, 2.45) is 0 Å². The van der Waals surface area contributed by atoms with E-state index >= 15 is 0 Å². The first-order valence-electron chi connectivity index (χ1n) is 10.1. The lowest BCUT2D eigenvalue weighted by Crippen LogP contribution is -2.34. The average molecular weight is 442 g/mol. The summed E-state index contributed by atoms with van der Waals surface area (Å²) in [7, 11) is 7.75. The van der Waals surface area contributed by atoms with Crippen molar-refractivity contribution in [2.45, 2.75) is 6.42 Å². The number of likely N-dealkylation sites (N-methyl/N-ethyl adjacent to an activating group) is 1. The first-order chi connectivity index (χ1) is 15.3. The molecule has 0 aromatic heterocycles. The Morgan fingerprint density at radius 2 is 1.88 bits per heavy atom. The molecule has 9 nitrogen and oxygen atoms in total. The van der Waals surface area contributed by atoms with Crippen LogP contribution in [0.4, 0.5) is 0 Å². The Morgan fingerprint density at radius 1 is 1.12 bits per heavy atom. The molecule has 9 heteroatoms. The van der Waals surface area contributed by atoms with Gasteiger partial charge in [-0.3, -0.25) is 4.79 Å². The number of nitrogens with zero attached hydrogens (tertiary/aromatic N) is 1. The minimum absolute atomic E-state index is 0.0881. The number of rotatable bonds is 7. The molecule has 1 N–H and O–H groups in total. The predicted octanol–water partition coefficient (Wildman–Crippen LogP) is 2.80. The molecule has 0 fully saturated rings. The third kappa shape index (κ3) is 3.80. The third-order valence-corrected chi connectivity index (χ3v) is 5.47. The van der Waals surface area contributed by atoms with Gasteiger partial charge in [-0.05, 0) is 29.8 Å². The molecule has 2 aliphatic rings. The van der Waals surface area contributed by atoms with Gasteiger partial charge in [-0.2, -0.15) is 0 Å². The van der Waals surface area contributed by atoms with Crippen LogP contribution in [0.1, 0.15) is 27.0 Å². The summed E-state index contributed by atoms with van der Waals surface area (Å²) in [5.74, 6) is 2.10. The molecule has 0 radical (unpaired) electrons. The summed E-state index contributed by atoms with van der Waals surface area (Å²) >= 11 is 0. The first-order valence-corrected chi connectivity index (χ1v) is 10.1. The number of hydrogen-bond donors (Lipinski definition) is 1. The lowest BCUT2D eigenvalue weighted by atomic mass is 9.98. The van der Waals surface area contributed by atoms with E-state index in [1.165, 1.54) is 14.2 Å². The van der Waals surface area contributed by atoms with Crippen molar-refractivity contribution in [3.63, 3.8) is 0 Å². The van der Waals surface area contributed by atoms with Crippen molar-refractivity contribution in [1.29, 1.82) is 0 Å². The summed E-state index contributed by atoms with van der Waals surface area (Å²) in [5.41, 5.74) is 3.22. The second kappa shape index (κ2) is 8.25. The summed E-state index contributed by atoms with van der Waals surface area (Å²) in [6.45, 7) is 0.442. The second-order valence-corrected chi connectivity index (χ2v) is 8.00. The van der Waals surface area contributed by atoms with Crippen LogP contribution in [0.3, 0.4) is 0 Å². The summed E-state index contributed by atoms with van der Waals surface area (Å²) in [6, 6.07) is 5.41. The van der Waals surface area contributed by atoms with E-state index < -0.39 is 4.65 Å². The fourth-order valence-electron chi connectivity index (χ4n) is 3.92. The molecule has 0 saturated carbocycles. The summed E-state index contributed by atoms with van der Waals surface area (Å²) in [4.78, 5) is 12.8. The van der Waals surface area contributed by atoms with Crippen LogP contribution in [0.15, 0.2) is 18.2 Å². The van der Waals surface area contributed by atoms with E-state index in [9.17, 15) is 10.0 Å². The van der Waals surface area contributed by atoms with Crippen LogP contribution in [0.2, 0.25) is 0 Å². The minimum atomic E-state index is -0.441. The van der Waals surface area contributed by atoms with Gasteiger partial charge in [0, 0.05) is 23.2 Å². The van der Waals surface area contributed by atoms with Crippen molar-refractivity contribution in [1.82, 2.24) is 5.32 Å². The molecule has 2 aromatic carbocycles. The highest BCUT2D eigenvalue weighted by Gasteiger charge is 2.31. The molecule has 0 atom stereocenters. The highest BCUT2D eigenvalue weighted by molar-refractivity contribution is 6.14. The van der Waals surface area contributed by atoms with Gasteiger partial charge in [-0.25, -0.2) is 0 Å². The van der Waals surface area contributed by atoms with Crippen molar-refractivity contribution in [3.8, 4) is 28.7 Å². The van der Waals surface area contributed by atoms with Gasteiger partial charge in [0.1, 0.15) is 0 Å². The highest BCUT2D eigenvalue weighted by Crippen LogP contribution is 2.47. The lowest BCUT2D eigenvalue weighted by Gasteiger charge is -2.34. The monoisotopic (exact) mass is 442 g/mol. The van der Waals surface area contributed by atoms with E-state index in [1.54, 1.807) is 33.3 Å². The van der Waals surface area contributed by atoms with Crippen molar-refractivity contribution in [2.75, 3.05) is 48.8 Å². The van der Waals surface area contributed by atoms with Gasteiger partial charge < -0.3 is 38.9 Å². The Bertz CT molecular complexity index is 1100. The Labute approximate surface area is 186 Å². The lowest BCUT2D eigenvalue weighted by molar-refractivity contribution is -0.839. The normalized spacial score (nSPS) is 15.6. The Morgan fingerprint density at radius 3 is 2.53 bits per heavy atom. The molecule has 0 aliphatic carbocycles. The minimum Gasteiger partial charge on any atom is -0.633 e. The predicted molar refractivity (Wildman–Crippen MR) is 118 cm³/mol. The molecular formula is C23H26N2O7. The van der Waals surface area contributed by atoms with Crippen LogP contribution in [-0.4, -0.2) is 59.3 Å². The smallest absolute Gasteiger partial charge is 0.260 e. The topological polar surface area (TPSA) is 98.3 Å². The Kier molecular flexibility index (Phi) is 5.62. The number of hydrogen-bond acceptors (Lipinski definition) is 7. The zero-order valence-corrected chi connectivity index (χ0v) is 18.7. The van der Waals surface area contributed by atoms with Gasteiger partial charge in [0.2, 0.25) is 12.5 Å². The fraction of sp³-hybridized carbons (Fsp3) is 0.348. The van der Waals surface area contributed by atoms with Crippen LogP contribution in [0.5, 0.6) is 28.7 Å². The van der Waals surface area contributed by atoms with Crippen LogP contribution >= 0.6 is 0 Å². The molecule has 2 aliphatic heterocycles. The second-order valence-electron chi connectivity index (χ2n) is 8.00. The molecule has 2 heterocycles. The number of amides is 1. The number of carbonyl (C=O) groups is 1. The molecule has 0 spiro atoms. The van der Waals surface area contributed by atoms with Crippen molar-refractivity contribution < 1.29 is 33.1 Å². The number of nitrogens with one attached hydrogen (secondary N) is 1. The van der Waals surface area contributed by atoms with E-state index in [1.807, 2.05) is 12.1 Å². The number of benzene rings is 2. The van der Waals surface area contributed by atoms with Gasteiger partial charge in [0.25, 0.3) is 5.91 Å². The van der Waals surface area contributed by atoms with Crippen LogP contribution in [0, 0.1) is 5.21 Å². The first kappa shape index (κ1) is 21.8. The van der Waals surface area contributed by atoms with Crippen molar-refractivity contribution in [3.05, 3.63) is 45.7 Å². The molecule has 1 amide bonds. The number of fused-ring (bicyclic) bond motifs is 2. The Hall–Kier alpha value is -3.43. The van der Waals surface area contributed by atoms with Gasteiger partial charge in [-0.1, -0.05) is 0 Å². The van der Waals surface area contributed by atoms with Gasteiger partial charge in [0.15, 0.2) is 23.0 Å². The summed E-state index contributed by atoms with van der Waals surface area (Å²) < 4.78 is 27.2. The maximum atomic E-state index is 12.8. The molecule has 4 rings (SSSR count). The van der Waals surface area contributed by atoms with E-state index in [-0.39, 0.29) is 12.7 Å². The third-order valence-electron chi connectivity index (χ3n) is 5.47. The molecule has 2 aromatic rings. The number of quaternary nitrogens is 1. The molecule has 0 unspecified atom stereocenters. The van der Waals surface area contributed by atoms with Crippen molar-refractivity contribution >= 4 is 17.7 Å². The molecule has 0 bridgehead atoms. The number of methoxy groups -OCH3 is 3. The maximum Gasteiger partial charge on any atom is 0.260 e. The van der Waals surface area contributed by atoms with Gasteiger partial charge in [-0.15, -0.1) is 0 Å². The zero-order chi connectivity index (χ0) is 23.0. The Balaban J connectivity index is 1.87. The number of carbonyl (C=O) groups excluding carboxylic acids is 1. The van der Waals surface area contributed by atoms with E-state index in [0.717, 1.165) is 5.56 Å². The molecular weight excluding hydrogens is 416 g/mol. The largest absolute Gasteiger partial charge is 0.633 e. The standard InChI is InChI=1S/C23H26N2O7/c1-25(2,27)9-8-13-10-18-22(32-12-31-18)20(29-4)15(13)11-16-14-6-7-17(28-3)21(30-5)19(14)23(26)24-16/h6-7,10-11H,8-9,12H2,1-5H3,(H,24,26)/b16-11-. The maximum absolute atomic E-state index is 12.8. The number of ether oxygens (including phenoxy) is 5. The SMILES string of the molecule is COc1ccc2c(c1OC)C(=O)N/C2=C\c1c(CC[N+](C)(C)[O-])cc2c(c1OC)OCO2.